The van der Waals surface area contributed by atoms with Gasteiger partial charge in [0.05, 0.1) is 26.4 Å². The lowest BCUT2D eigenvalue weighted by Gasteiger charge is -2.26. The van der Waals surface area contributed by atoms with Gasteiger partial charge in [0.15, 0.2) is 11.5 Å². The van der Waals surface area contributed by atoms with Crippen LogP contribution in [0.15, 0.2) is 23.8 Å². The fraction of sp³-hybridized carbons (Fsp3) is 0.545. The highest BCUT2D eigenvalue weighted by molar-refractivity contribution is 6.01. The number of hydrogen-bond donors (Lipinski definition) is 1. The van der Waals surface area contributed by atoms with Gasteiger partial charge >= 0.3 is 0 Å². The van der Waals surface area contributed by atoms with E-state index in [-0.39, 0.29) is 11.7 Å². The third-order valence-corrected chi connectivity index (χ3v) is 5.15. The number of carbonyl (C=O) groups excluding carboxylic acids is 1. The summed E-state index contributed by atoms with van der Waals surface area (Å²) in [4.78, 5) is 14.6. The molecular weight excluding hydrogens is 386 g/mol. The number of morpholine rings is 1. The second kappa shape index (κ2) is 11.6. The number of rotatable bonds is 9. The molecule has 162 valence electrons. The molecule has 0 spiro atoms. The predicted octanol–water partition coefficient (Wildman–Crippen LogP) is 1.61. The lowest BCUT2D eigenvalue weighted by molar-refractivity contribution is -0.117. The van der Waals surface area contributed by atoms with Gasteiger partial charge in [-0.25, -0.2) is 0 Å². The molecule has 1 aromatic rings. The molecule has 1 amide bonds. The first-order chi connectivity index (χ1) is 14.7. The summed E-state index contributed by atoms with van der Waals surface area (Å²) in [5.41, 5.74) is 0.735. The first-order valence-corrected chi connectivity index (χ1v) is 10.3. The highest BCUT2D eigenvalue weighted by atomic mass is 16.5. The van der Waals surface area contributed by atoms with E-state index in [1.54, 1.807) is 31.4 Å². The van der Waals surface area contributed by atoms with Crippen LogP contribution >= 0.6 is 0 Å². The summed E-state index contributed by atoms with van der Waals surface area (Å²) < 4.78 is 22.2. The number of ether oxygens (including phenoxy) is 4. The Bertz CT molecular complexity index is 777. The Hall–Kier alpha value is -2.60. The van der Waals surface area contributed by atoms with Gasteiger partial charge in [0.2, 0.25) is 0 Å². The normalized spacial score (nSPS) is 19.9. The Kier molecular flexibility index (Phi) is 8.51. The van der Waals surface area contributed by atoms with Crippen LogP contribution in [-0.4, -0.2) is 76.6 Å². The standard InChI is InChI=1S/C22H29N3O5/c1-27-20-5-4-17(14-21(20)30-12-8-25-6-10-28-11-7-25)13-18(15-23)22(26)24-16-19-3-2-9-29-19/h4-5,13-14,19H,2-3,6-12,16H2,1H3,(H,24,26)/b18-13+. The summed E-state index contributed by atoms with van der Waals surface area (Å²) in [6.07, 6.45) is 3.51. The van der Waals surface area contributed by atoms with Crippen molar-refractivity contribution in [3.05, 3.63) is 29.3 Å². The van der Waals surface area contributed by atoms with E-state index in [2.05, 4.69) is 10.2 Å². The molecule has 0 saturated carbocycles. The minimum atomic E-state index is -0.404. The number of amides is 1. The number of benzene rings is 1. The molecule has 1 unspecified atom stereocenters. The zero-order valence-electron chi connectivity index (χ0n) is 17.4. The van der Waals surface area contributed by atoms with E-state index in [0.717, 1.165) is 52.3 Å². The molecule has 0 bridgehead atoms. The number of nitrogens with zero attached hydrogens (tertiary/aromatic N) is 2. The predicted molar refractivity (Wildman–Crippen MR) is 111 cm³/mol. The molecule has 1 atom stereocenters. The van der Waals surface area contributed by atoms with E-state index in [1.165, 1.54) is 0 Å². The Morgan fingerprint density at radius 2 is 2.17 bits per heavy atom. The SMILES string of the molecule is COc1ccc(/C=C(\C#N)C(=O)NCC2CCCO2)cc1OCCN1CCOCC1. The molecule has 2 saturated heterocycles. The maximum atomic E-state index is 12.4. The van der Waals surface area contributed by atoms with Gasteiger partial charge in [0.1, 0.15) is 18.2 Å². The highest BCUT2D eigenvalue weighted by Crippen LogP contribution is 2.29. The van der Waals surface area contributed by atoms with Crippen LogP contribution in [0, 0.1) is 11.3 Å². The van der Waals surface area contributed by atoms with Gasteiger partial charge in [-0.05, 0) is 36.6 Å². The summed E-state index contributed by atoms with van der Waals surface area (Å²) in [7, 11) is 1.58. The molecular formula is C22H29N3O5. The molecule has 2 heterocycles. The molecule has 0 aliphatic carbocycles. The Labute approximate surface area is 177 Å². The third kappa shape index (κ3) is 6.46. The van der Waals surface area contributed by atoms with Crippen molar-refractivity contribution in [3.63, 3.8) is 0 Å². The maximum absolute atomic E-state index is 12.4. The summed E-state index contributed by atoms with van der Waals surface area (Å²) >= 11 is 0. The van der Waals surface area contributed by atoms with Gasteiger partial charge in [0, 0.05) is 32.8 Å². The van der Waals surface area contributed by atoms with E-state index < -0.39 is 5.91 Å². The number of nitriles is 1. The molecule has 30 heavy (non-hydrogen) atoms. The van der Waals surface area contributed by atoms with E-state index in [9.17, 15) is 10.1 Å². The van der Waals surface area contributed by atoms with Crippen LogP contribution in [0.5, 0.6) is 11.5 Å². The number of methoxy groups -OCH3 is 1. The first-order valence-electron chi connectivity index (χ1n) is 10.3. The van der Waals surface area contributed by atoms with Crippen molar-refractivity contribution in [3.8, 4) is 17.6 Å². The topological polar surface area (TPSA) is 93.0 Å². The molecule has 8 heteroatoms. The molecule has 1 N–H and O–H groups in total. The van der Waals surface area contributed by atoms with Crippen molar-refractivity contribution >= 4 is 12.0 Å². The minimum Gasteiger partial charge on any atom is -0.493 e. The monoisotopic (exact) mass is 415 g/mol. The second-order valence-corrected chi connectivity index (χ2v) is 7.23. The largest absolute Gasteiger partial charge is 0.493 e. The zero-order chi connectivity index (χ0) is 21.2. The van der Waals surface area contributed by atoms with Gasteiger partial charge in [-0.3, -0.25) is 9.69 Å². The maximum Gasteiger partial charge on any atom is 0.262 e. The average molecular weight is 415 g/mol. The summed E-state index contributed by atoms with van der Waals surface area (Å²) in [5, 5.41) is 12.2. The molecule has 2 aliphatic heterocycles. The number of carbonyl (C=O) groups is 1. The van der Waals surface area contributed by atoms with Gasteiger partial charge in [-0.1, -0.05) is 6.07 Å². The van der Waals surface area contributed by atoms with E-state index in [1.807, 2.05) is 6.07 Å². The molecule has 0 aromatic heterocycles. The van der Waals surface area contributed by atoms with Crippen molar-refractivity contribution in [2.75, 3.05) is 59.7 Å². The molecule has 2 fully saturated rings. The Morgan fingerprint density at radius 1 is 1.33 bits per heavy atom. The lowest BCUT2D eigenvalue weighted by atomic mass is 10.1. The van der Waals surface area contributed by atoms with E-state index in [0.29, 0.717) is 30.2 Å². The summed E-state index contributed by atoms with van der Waals surface area (Å²) in [5.74, 6) is 0.783. The summed E-state index contributed by atoms with van der Waals surface area (Å²) in [6.45, 7) is 5.73. The highest BCUT2D eigenvalue weighted by Gasteiger charge is 2.18. The van der Waals surface area contributed by atoms with Gasteiger partial charge in [0.25, 0.3) is 5.91 Å². The van der Waals surface area contributed by atoms with Crippen LogP contribution in [0.2, 0.25) is 0 Å². The van der Waals surface area contributed by atoms with E-state index >= 15 is 0 Å². The average Bonchev–Trinajstić information content (AvgIpc) is 3.30. The van der Waals surface area contributed by atoms with Crippen LogP contribution in [0.25, 0.3) is 6.08 Å². The van der Waals surface area contributed by atoms with E-state index in [4.69, 9.17) is 18.9 Å². The third-order valence-electron chi connectivity index (χ3n) is 5.15. The fourth-order valence-corrected chi connectivity index (χ4v) is 3.43. The van der Waals surface area contributed by atoms with Crippen molar-refractivity contribution < 1.29 is 23.7 Å². The number of hydrogen-bond acceptors (Lipinski definition) is 7. The zero-order valence-corrected chi connectivity index (χ0v) is 17.4. The molecule has 0 radical (unpaired) electrons. The minimum absolute atomic E-state index is 0.0290. The van der Waals surface area contributed by atoms with Crippen LogP contribution < -0.4 is 14.8 Å². The Balaban J connectivity index is 1.61. The Morgan fingerprint density at radius 3 is 2.87 bits per heavy atom. The summed E-state index contributed by atoms with van der Waals surface area (Å²) in [6, 6.07) is 7.32. The quantitative estimate of drug-likeness (QED) is 0.484. The molecule has 2 aliphatic rings. The van der Waals surface area contributed by atoms with Crippen molar-refractivity contribution in [2.45, 2.75) is 18.9 Å². The van der Waals surface area contributed by atoms with Crippen molar-refractivity contribution in [1.29, 1.82) is 5.26 Å². The molecule has 8 nitrogen and oxygen atoms in total. The van der Waals surface area contributed by atoms with Crippen LogP contribution in [0.3, 0.4) is 0 Å². The van der Waals surface area contributed by atoms with Gasteiger partial charge < -0.3 is 24.3 Å². The molecule has 1 aromatic carbocycles. The lowest BCUT2D eigenvalue weighted by Crippen LogP contribution is -2.38. The number of nitrogens with one attached hydrogen (secondary N) is 1. The smallest absolute Gasteiger partial charge is 0.262 e. The van der Waals surface area contributed by atoms with Gasteiger partial charge in [-0.2, -0.15) is 5.26 Å². The van der Waals surface area contributed by atoms with Gasteiger partial charge in [-0.15, -0.1) is 0 Å². The van der Waals surface area contributed by atoms with Crippen LogP contribution in [0.1, 0.15) is 18.4 Å². The second-order valence-electron chi connectivity index (χ2n) is 7.23. The molecule has 3 rings (SSSR count). The van der Waals surface area contributed by atoms with Crippen LogP contribution in [-0.2, 0) is 14.3 Å². The van der Waals surface area contributed by atoms with Crippen molar-refractivity contribution in [1.82, 2.24) is 10.2 Å². The first kappa shape index (κ1) is 22.1. The van der Waals surface area contributed by atoms with Crippen LogP contribution in [0.4, 0.5) is 0 Å². The van der Waals surface area contributed by atoms with Crippen molar-refractivity contribution in [2.24, 2.45) is 0 Å². The fourth-order valence-electron chi connectivity index (χ4n) is 3.43.